The van der Waals surface area contributed by atoms with Crippen LogP contribution in [0.15, 0.2) is 95.4 Å². The van der Waals surface area contributed by atoms with E-state index in [0.717, 1.165) is 41.1 Å². The molecule has 0 atom stereocenters. The molecule has 0 bridgehead atoms. The summed E-state index contributed by atoms with van der Waals surface area (Å²) in [4.78, 5) is 0. The first kappa shape index (κ1) is 26.1. The van der Waals surface area contributed by atoms with Gasteiger partial charge in [-0.1, -0.05) is 68.4 Å². The Hall–Kier alpha value is -1.51. The van der Waals surface area contributed by atoms with Crippen LogP contribution in [-0.2, 0) is 22.0 Å². The predicted octanol–water partition coefficient (Wildman–Crippen LogP) is 10.4. The molecule has 0 aliphatic heterocycles. The van der Waals surface area contributed by atoms with Gasteiger partial charge in [0, 0.05) is 5.56 Å². The molecule has 0 fully saturated rings. The van der Waals surface area contributed by atoms with Crippen molar-refractivity contribution in [2.45, 2.75) is 26.7 Å². The third kappa shape index (κ3) is 8.33. The normalized spacial score (nSPS) is 11.5. The minimum absolute atomic E-state index is 0.888. The molecule has 175 valence electrons. The number of hydrogen-bond donors (Lipinski definition) is 0. The fourth-order valence-corrected chi connectivity index (χ4v) is 3.39. The molecule has 4 aromatic rings. The molecule has 0 N–H and O–H groups in total. The number of hydrogen-bond acceptors (Lipinski definition) is 0. The summed E-state index contributed by atoms with van der Waals surface area (Å²) < 4.78 is 6.36. The van der Waals surface area contributed by atoms with E-state index in [-0.39, 0.29) is 0 Å². The zero-order valence-electron chi connectivity index (χ0n) is 18.3. The van der Waals surface area contributed by atoms with Crippen LogP contribution in [0.4, 0.5) is 0 Å². The fourth-order valence-electron chi connectivity index (χ4n) is 3.39. The van der Waals surface area contributed by atoms with Crippen LogP contribution in [0.2, 0.25) is 0 Å². The molecule has 1 nitrogen and oxygen atoms in total. The summed E-state index contributed by atoms with van der Waals surface area (Å²) in [5, 5.41) is 0. The van der Waals surface area contributed by atoms with Gasteiger partial charge >= 0.3 is 61.1 Å². The number of rotatable bonds is 5. The van der Waals surface area contributed by atoms with E-state index in [4.69, 9.17) is 44.8 Å². The Morgan fingerprint density at radius 1 is 0.545 bits per heavy atom. The third-order valence-corrected chi connectivity index (χ3v) is 5.19. The van der Waals surface area contributed by atoms with Gasteiger partial charge in [0.1, 0.15) is 0 Å². The second-order valence-corrected chi connectivity index (χ2v) is 18.3. The Bertz CT molecular complexity index is 1080. The fraction of sp³-hybridized carbons (Fsp3) is 0.148. The average molecular weight is 563 g/mol. The number of benzene rings is 3. The van der Waals surface area contributed by atoms with E-state index in [1.54, 1.807) is 0 Å². The molecule has 4 rings (SSSR count). The Kier molecular flexibility index (Phi) is 9.70. The summed E-state index contributed by atoms with van der Waals surface area (Å²) in [6.45, 7) is 4.35. The Balaban J connectivity index is 0.000000555. The molecule has 0 aliphatic rings. The quantitative estimate of drug-likeness (QED) is 0.174. The Labute approximate surface area is 215 Å². The summed E-state index contributed by atoms with van der Waals surface area (Å²) in [6, 6.07) is 32.1. The van der Waals surface area contributed by atoms with Gasteiger partial charge in [-0.15, -0.1) is 0 Å². The number of halogens is 4. The molecule has 33 heavy (non-hydrogen) atoms. The van der Waals surface area contributed by atoms with Crippen molar-refractivity contribution < 1.29 is 13.6 Å². The summed E-state index contributed by atoms with van der Waals surface area (Å²) in [7, 11) is 17.2. The molecule has 3 aromatic carbocycles. The molecule has 0 aliphatic carbocycles. The van der Waals surface area contributed by atoms with Crippen molar-refractivity contribution in [3.63, 3.8) is 0 Å². The van der Waals surface area contributed by atoms with Crippen molar-refractivity contribution in [2.24, 2.45) is 0 Å². The van der Waals surface area contributed by atoms with Gasteiger partial charge in [-0.25, -0.2) is 4.42 Å². The molecule has 0 saturated heterocycles. The first-order valence-corrected chi connectivity index (χ1v) is 16.6. The van der Waals surface area contributed by atoms with E-state index in [0.29, 0.717) is 0 Å². The summed E-state index contributed by atoms with van der Waals surface area (Å²) >= 11 is 0. The van der Waals surface area contributed by atoms with Crippen LogP contribution in [0.5, 0.6) is 0 Å². The van der Waals surface area contributed by atoms with Gasteiger partial charge in [-0.3, -0.25) is 0 Å². The maximum absolute atomic E-state index is 6.36. The molecule has 1 aromatic heterocycles. The van der Waals surface area contributed by atoms with Crippen molar-refractivity contribution >= 4 is 40.4 Å². The molecule has 0 unspecified atom stereocenters. The third-order valence-electron chi connectivity index (χ3n) is 5.19. The molecule has 0 spiro atoms. The molecule has 0 radical (unpaired) electrons. The Morgan fingerprint density at radius 3 is 1.30 bits per heavy atom. The molecule has 0 saturated carbocycles. The van der Waals surface area contributed by atoms with Gasteiger partial charge < -0.3 is 0 Å². The monoisotopic (exact) mass is 561 g/mol. The molecule has 6 heteroatoms. The van der Waals surface area contributed by atoms with Crippen molar-refractivity contribution in [2.75, 3.05) is 0 Å². The van der Waals surface area contributed by atoms with Crippen LogP contribution in [0, 0.1) is 0 Å². The van der Waals surface area contributed by atoms with E-state index >= 15 is 0 Å². The Morgan fingerprint density at radius 2 is 0.939 bits per heavy atom. The topological polar surface area (TPSA) is 11.3 Å². The maximum atomic E-state index is 6.36. The summed E-state index contributed by atoms with van der Waals surface area (Å²) in [6.07, 6.45) is 2.08. The van der Waals surface area contributed by atoms with Crippen LogP contribution in [0.1, 0.15) is 25.0 Å². The molecule has 0 amide bonds. The van der Waals surface area contributed by atoms with Crippen molar-refractivity contribution in [1.82, 2.24) is 0 Å². The SMILES string of the molecule is CCc1ccc(-c2cc(-c3ccccc3)cc(-c3ccc(CC)cc3)[o+]2)cc1.[Cl][Fe-]([Cl])([Cl])[Cl]. The van der Waals surface area contributed by atoms with Crippen molar-refractivity contribution in [3.05, 3.63) is 102 Å². The van der Waals surface area contributed by atoms with Gasteiger partial charge in [0.15, 0.2) is 0 Å². The van der Waals surface area contributed by atoms with Gasteiger partial charge in [0.05, 0.1) is 23.3 Å². The summed E-state index contributed by atoms with van der Waals surface area (Å²) in [5.41, 5.74) is 7.21. The first-order chi connectivity index (χ1) is 15.8. The summed E-state index contributed by atoms with van der Waals surface area (Å²) in [5.74, 6) is 1.78. The zero-order valence-corrected chi connectivity index (χ0v) is 22.5. The second kappa shape index (κ2) is 12.3. The van der Waals surface area contributed by atoms with Crippen LogP contribution in [0.3, 0.4) is 0 Å². The second-order valence-electron chi connectivity index (χ2n) is 7.34. The first-order valence-electron chi connectivity index (χ1n) is 10.5. The van der Waals surface area contributed by atoms with E-state index in [9.17, 15) is 0 Å². The number of aryl methyl sites for hydroxylation is 2. The van der Waals surface area contributed by atoms with E-state index in [2.05, 4.69) is 98.8 Å². The van der Waals surface area contributed by atoms with Gasteiger partial charge in [0.25, 0.3) is 0 Å². The van der Waals surface area contributed by atoms with Crippen LogP contribution >= 0.6 is 40.4 Å². The molecular weight excluding hydrogens is 538 g/mol. The van der Waals surface area contributed by atoms with Crippen LogP contribution in [0.25, 0.3) is 33.8 Å². The van der Waals surface area contributed by atoms with Gasteiger partial charge in [-0.05, 0) is 53.8 Å². The van der Waals surface area contributed by atoms with Crippen molar-refractivity contribution in [1.29, 1.82) is 0 Å². The van der Waals surface area contributed by atoms with Gasteiger partial charge in [0.2, 0.25) is 0 Å². The standard InChI is InChI=1S/C27H25O.4ClH.Fe/c1-3-20-10-14-23(15-11-20)26-18-25(22-8-6-5-7-9-22)19-27(28-26)24-16-12-21(4-2)13-17-24;;;;;/h5-19H,3-4H2,1-2H3;4*1H;/q+1;;;;;+3/p-4. The molecule has 1 heterocycles. The van der Waals surface area contributed by atoms with Crippen LogP contribution in [-0.4, -0.2) is 0 Å². The van der Waals surface area contributed by atoms with E-state index in [1.165, 1.54) is 16.7 Å². The zero-order chi connectivity index (χ0) is 23.8. The minimum atomic E-state index is -2.61. The molecular formula is C27H25Cl4FeO. The van der Waals surface area contributed by atoms with E-state index in [1.807, 2.05) is 6.07 Å². The van der Waals surface area contributed by atoms with Crippen molar-refractivity contribution in [3.8, 4) is 33.8 Å². The van der Waals surface area contributed by atoms with Crippen LogP contribution < -0.4 is 0 Å². The average Bonchev–Trinajstić information content (AvgIpc) is 2.83. The van der Waals surface area contributed by atoms with Gasteiger partial charge in [-0.2, -0.15) is 0 Å². The van der Waals surface area contributed by atoms with E-state index < -0.39 is 9.20 Å². The predicted molar refractivity (Wildman–Crippen MR) is 142 cm³/mol.